The van der Waals surface area contributed by atoms with Crippen LogP contribution in [-0.2, 0) is 11.3 Å². The minimum atomic E-state index is -0.456. The normalized spacial score (nSPS) is 16.8. The van der Waals surface area contributed by atoms with Gasteiger partial charge in [-0.15, -0.1) is 0 Å². The highest BCUT2D eigenvalue weighted by Crippen LogP contribution is 2.40. The van der Waals surface area contributed by atoms with E-state index in [2.05, 4.69) is 12.2 Å². The van der Waals surface area contributed by atoms with Crippen LogP contribution >= 0.6 is 0 Å². The summed E-state index contributed by atoms with van der Waals surface area (Å²) in [5.74, 6) is 0.223. The van der Waals surface area contributed by atoms with Gasteiger partial charge in [0.1, 0.15) is 5.75 Å². The van der Waals surface area contributed by atoms with Gasteiger partial charge in [-0.25, -0.2) is 0 Å². The quantitative estimate of drug-likeness (QED) is 0.773. The van der Waals surface area contributed by atoms with Gasteiger partial charge in [-0.05, 0) is 42.4 Å². The van der Waals surface area contributed by atoms with E-state index in [-0.39, 0.29) is 6.61 Å². The van der Waals surface area contributed by atoms with Crippen molar-refractivity contribution in [2.24, 2.45) is 11.1 Å². The first-order valence-corrected chi connectivity index (χ1v) is 7.84. The molecule has 116 valence electrons. The number of hydrogen-bond acceptors (Lipinski definition) is 3. The number of amides is 1. The van der Waals surface area contributed by atoms with E-state index in [9.17, 15) is 4.79 Å². The molecule has 1 aliphatic rings. The predicted octanol–water partition coefficient (Wildman–Crippen LogP) is 2.61. The Labute approximate surface area is 127 Å². The molecule has 1 amide bonds. The van der Waals surface area contributed by atoms with Gasteiger partial charge >= 0.3 is 0 Å². The summed E-state index contributed by atoms with van der Waals surface area (Å²) in [5, 5.41) is 3.59. The number of ether oxygens (including phenoxy) is 1. The Morgan fingerprint density at radius 2 is 1.95 bits per heavy atom. The summed E-state index contributed by atoms with van der Waals surface area (Å²) >= 11 is 0. The van der Waals surface area contributed by atoms with Gasteiger partial charge in [0.25, 0.3) is 5.91 Å². The Morgan fingerprint density at radius 1 is 1.29 bits per heavy atom. The molecule has 0 unspecified atom stereocenters. The first-order chi connectivity index (χ1) is 10.1. The maximum atomic E-state index is 10.7. The van der Waals surface area contributed by atoms with Crippen molar-refractivity contribution < 1.29 is 9.53 Å². The molecule has 3 N–H and O–H groups in total. The molecule has 1 aromatic rings. The van der Waals surface area contributed by atoms with Crippen molar-refractivity contribution in [3.63, 3.8) is 0 Å². The van der Waals surface area contributed by atoms with E-state index in [0.29, 0.717) is 11.2 Å². The van der Waals surface area contributed by atoms with Crippen molar-refractivity contribution >= 4 is 5.91 Å². The molecule has 0 aromatic heterocycles. The predicted molar refractivity (Wildman–Crippen MR) is 84.0 cm³/mol. The van der Waals surface area contributed by atoms with E-state index in [1.165, 1.54) is 37.7 Å². The Morgan fingerprint density at radius 3 is 2.52 bits per heavy atom. The van der Waals surface area contributed by atoms with Crippen molar-refractivity contribution in [1.29, 1.82) is 0 Å². The van der Waals surface area contributed by atoms with Crippen molar-refractivity contribution in [3.8, 4) is 5.75 Å². The number of carbonyl (C=O) groups excluding carboxylic acids is 1. The SMILES string of the molecule is CCC1(CNCc2ccc(OCC(N)=O)cc2)CCCC1. The Kier molecular flexibility index (Phi) is 5.62. The molecule has 0 saturated heterocycles. The van der Waals surface area contributed by atoms with E-state index in [1.807, 2.05) is 24.3 Å². The zero-order valence-corrected chi connectivity index (χ0v) is 12.9. The first-order valence-electron chi connectivity index (χ1n) is 7.84. The molecule has 1 aliphatic carbocycles. The second-order valence-electron chi connectivity index (χ2n) is 6.06. The van der Waals surface area contributed by atoms with Crippen LogP contribution in [0.25, 0.3) is 0 Å². The molecule has 0 heterocycles. The second kappa shape index (κ2) is 7.46. The molecule has 0 bridgehead atoms. The van der Waals surface area contributed by atoms with E-state index in [1.54, 1.807) is 0 Å². The van der Waals surface area contributed by atoms with Gasteiger partial charge in [0.15, 0.2) is 6.61 Å². The second-order valence-corrected chi connectivity index (χ2v) is 6.06. The maximum Gasteiger partial charge on any atom is 0.255 e. The first kappa shape index (κ1) is 15.8. The van der Waals surface area contributed by atoms with E-state index < -0.39 is 5.91 Å². The van der Waals surface area contributed by atoms with Gasteiger partial charge in [0.2, 0.25) is 0 Å². The molecule has 0 spiro atoms. The molecule has 4 heteroatoms. The fourth-order valence-electron chi connectivity index (χ4n) is 3.11. The van der Waals surface area contributed by atoms with Crippen LogP contribution in [0.1, 0.15) is 44.6 Å². The van der Waals surface area contributed by atoms with Gasteiger partial charge in [-0.2, -0.15) is 0 Å². The molecule has 1 fully saturated rings. The van der Waals surface area contributed by atoms with Crippen molar-refractivity contribution in [1.82, 2.24) is 5.32 Å². The summed E-state index contributed by atoms with van der Waals surface area (Å²) in [6.45, 7) is 4.20. The number of rotatable bonds is 8. The molecule has 2 rings (SSSR count). The summed E-state index contributed by atoms with van der Waals surface area (Å²) in [4.78, 5) is 10.7. The number of benzene rings is 1. The molecule has 0 atom stereocenters. The van der Waals surface area contributed by atoms with Gasteiger partial charge in [-0.1, -0.05) is 31.9 Å². The standard InChI is InChI=1S/C17H26N2O2/c1-2-17(9-3-4-10-17)13-19-11-14-5-7-15(8-6-14)21-12-16(18)20/h5-8,19H,2-4,9-13H2,1H3,(H2,18,20). The minimum absolute atomic E-state index is 0.0728. The highest BCUT2D eigenvalue weighted by Gasteiger charge is 2.31. The monoisotopic (exact) mass is 290 g/mol. The third-order valence-corrected chi connectivity index (χ3v) is 4.55. The topological polar surface area (TPSA) is 64.3 Å². The number of carbonyl (C=O) groups is 1. The molecule has 0 radical (unpaired) electrons. The smallest absolute Gasteiger partial charge is 0.255 e. The highest BCUT2D eigenvalue weighted by molar-refractivity contribution is 5.75. The average Bonchev–Trinajstić information content (AvgIpc) is 2.96. The van der Waals surface area contributed by atoms with Crippen LogP contribution in [0.4, 0.5) is 0 Å². The summed E-state index contributed by atoms with van der Waals surface area (Å²) < 4.78 is 5.25. The summed E-state index contributed by atoms with van der Waals surface area (Å²) in [6, 6.07) is 7.81. The number of primary amides is 1. The number of nitrogens with two attached hydrogens (primary N) is 1. The lowest BCUT2D eigenvalue weighted by Crippen LogP contribution is -2.31. The van der Waals surface area contributed by atoms with Crippen LogP contribution in [0.15, 0.2) is 24.3 Å². The largest absolute Gasteiger partial charge is 0.484 e. The average molecular weight is 290 g/mol. The Bertz CT molecular complexity index is 450. The van der Waals surface area contributed by atoms with Gasteiger partial charge in [0, 0.05) is 13.1 Å². The summed E-state index contributed by atoms with van der Waals surface area (Å²) in [7, 11) is 0. The molecule has 4 nitrogen and oxygen atoms in total. The molecule has 21 heavy (non-hydrogen) atoms. The van der Waals surface area contributed by atoms with E-state index in [4.69, 9.17) is 10.5 Å². The lowest BCUT2D eigenvalue weighted by atomic mass is 9.83. The minimum Gasteiger partial charge on any atom is -0.484 e. The number of nitrogens with one attached hydrogen (secondary N) is 1. The molecular weight excluding hydrogens is 264 g/mol. The van der Waals surface area contributed by atoms with Crippen molar-refractivity contribution in [2.45, 2.75) is 45.6 Å². The van der Waals surface area contributed by atoms with Crippen LogP contribution in [0.3, 0.4) is 0 Å². The van der Waals surface area contributed by atoms with E-state index >= 15 is 0 Å². The summed E-state index contributed by atoms with van der Waals surface area (Å²) in [5.41, 5.74) is 6.79. The Balaban J connectivity index is 1.77. The lowest BCUT2D eigenvalue weighted by Gasteiger charge is -2.27. The van der Waals surface area contributed by atoms with E-state index in [0.717, 1.165) is 13.1 Å². The zero-order valence-electron chi connectivity index (χ0n) is 12.9. The fraction of sp³-hybridized carbons (Fsp3) is 0.588. The third-order valence-electron chi connectivity index (χ3n) is 4.55. The van der Waals surface area contributed by atoms with Crippen LogP contribution in [0.5, 0.6) is 5.75 Å². The maximum absolute atomic E-state index is 10.7. The molecule has 0 aliphatic heterocycles. The summed E-state index contributed by atoms with van der Waals surface area (Å²) in [6.07, 6.45) is 6.73. The van der Waals surface area contributed by atoms with Crippen LogP contribution in [-0.4, -0.2) is 19.1 Å². The highest BCUT2D eigenvalue weighted by atomic mass is 16.5. The van der Waals surface area contributed by atoms with Crippen molar-refractivity contribution in [3.05, 3.63) is 29.8 Å². The third kappa shape index (κ3) is 4.74. The lowest BCUT2D eigenvalue weighted by molar-refractivity contribution is -0.119. The van der Waals surface area contributed by atoms with Gasteiger partial charge < -0.3 is 15.8 Å². The molecular formula is C17H26N2O2. The molecule has 1 saturated carbocycles. The Hall–Kier alpha value is -1.55. The van der Waals surface area contributed by atoms with Crippen LogP contribution in [0.2, 0.25) is 0 Å². The van der Waals surface area contributed by atoms with Crippen LogP contribution in [0, 0.1) is 5.41 Å². The van der Waals surface area contributed by atoms with Gasteiger partial charge in [0.05, 0.1) is 0 Å². The van der Waals surface area contributed by atoms with Crippen molar-refractivity contribution in [2.75, 3.05) is 13.2 Å². The number of hydrogen-bond donors (Lipinski definition) is 2. The molecule has 1 aromatic carbocycles. The fourth-order valence-corrected chi connectivity index (χ4v) is 3.11. The zero-order chi connectivity index (χ0) is 15.1. The van der Waals surface area contributed by atoms with Crippen LogP contribution < -0.4 is 15.8 Å². The van der Waals surface area contributed by atoms with Gasteiger partial charge in [-0.3, -0.25) is 4.79 Å².